The molecule has 44 heavy (non-hydrogen) atoms. The molecule has 0 saturated heterocycles. The number of halogens is 4. The van der Waals surface area contributed by atoms with Crippen molar-refractivity contribution in [3.63, 3.8) is 0 Å². The van der Waals surface area contributed by atoms with Gasteiger partial charge in [0.25, 0.3) is 0 Å². The third-order valence-corrected chi connectivity index (χ3v) is 10.6. The van der Waals surface area contributed by atoms with E-state index in [-0.39, 0.29) is 47.7 Å². The molecule has 0 aromatic heterocycles. The van der Waals surface area contributed by atoms with Crippen molar-refractivity contribution in [1.29, 1.82) is 0 Å². The molecule has 242 valence electrons. The molecule has 5 rings (SSSR count). The first-order valence-electron chi connectivity index (χ1n) is 16.7. The fourth-order valence-electron chi connectivity index (χ4n) is 7.98. The summed E-state index contributed by atoms with van der Waals surface area (Å²) in [6.07, 6.45) is 8.89. The van der Waals surface area contributed by atoms with E-state index in [9.17, 15) is 27.5 Å². The van der Waals surface area contributed by atoms with Gasteiger partial charge in [-0.05, 0) is 131 Å². The van der Waals surface area contributed by atoms with Gasteiger partial charge in [0.2, 0.25) is 5.82 Å². The van der Waals surface area contributed by atoms with Crippen molar-refractivity contribution in [3.8, 4) is 5.75 Å². The second-order valence-corrected chi connectivity index (χ2v) is 13.1. The fourth-order valence-corrected chi connectivity index (χ4v) is 7.98. The average molecular weight is 619 g/mol. The summed E-state index contributed by atoms with van der Waals surface area (Å²) in [4.78, 5) is 13.0. The van der Waals surface area contributed by atoms with E-state index in [2.05, 4.69) is 0 Å². The quantitative estimate of drug-likeness (QED) is 0.225. The molecule has 0 bridgehead atoms. The standard InChI is InChI=1S/C36H46F4O4/c1-3-30(41)29-18-17-27(32(37)34(29)39)24-9-11-25(12-10-24)36(42)44-26-15-13-22(14-16-26)21-5-7-23(8-6-21)28-19-20-31(43-4-2)35(40)33(28)38/h17-26,30,41H,3-16H2,1-2H3. The number of rotatable bonds is 9. The summed E-state index contributed by atoms with van der Waals surface area (Å²) in [5, 5.41) is 9.95. The Bertz CT molecular complexity index is 1280. The van der Waals surface area contributed by atoms with Gasteiger partial charge in [-0.15, -0.1) is 0 Å². The van der Waals surface area contributed by atoms with Gasteiger partial charge < -0.3 is 14.6 Å². The van der Waals surface area contributed by atoms with Crippen LogP contribution in [0.5, 0.6) is 5.75 Å². The minimum atomic E-state index is -1.03. The van der Waals surface area contributed by atoms with Crippen molar-refractivity contribution in [2.24, 2.45) is 17.8 Å². The van der Waals surface area contributed by atoms with Crippen molar-refractivity contribution in [3.05, 3.63) is 64.2 Å². The summed E-state index contributed by atoms with van der Waals surface area (Å²) in [6, 6.07) is 6.28. The summed E-state index contributed by atoms with van der Waals surface area (Å²) in [5.41, 5.74) is 0.769. The molecule has 8 heteroatoms. The highest BCUT2D eigenvalue weighted by atomic mass is 19.2. The molecule has 1 atom stereocenters. The SMILES string of the molecule is CCOc1ccc(C2CCC(C3CCC(OC(=O)C4CCC(c5ccc(C(O)CC)c(F)c5F)CC4)CC3)CC2)c(F)c1F. The summed E-state index contributed by atoms with van der Waals surface area (Å²) in [7, 11) is 0. The molecule has 2 aromatic carbocycles. The van der Waals surface area contributed by atoms with Crippen molar-refractivity contribution < 1.29 is 36.9 Å². The number of aliphatic hydroxyl groups excluding tert-OH is 1. The molecule has 1 unspecified atom stereocenters. The second kappa shape index (κ2) is 14.7. The van der Waals surface area contributed by atoms with Crippen molar-refractivity contribution >= 4 is 5.97 Å². The van der Waals surface area contributed by atoms with Crippen LogP contribution in [0.4, 0.5) is 17.6 Å². The minimum Gasteiger partial charge on any atom is -0.491 e. The lowest BCUT2D eigenvalue weighted by atomic mass is 9.69. The van der Waals surface area contributed by atoms with E-state index in [1.54, 1.807) is 26.0 Å². The van der Waals surface area contributed by atoms with Crippen LogP contribution in [0.25, 0.3) is 0 Å². The number of esters is 1. The molecule has 2 aromatic rings. The highest BCUT2D eigenvalue weighted by Crippen LogP contribution is 2.45. The Morgan fingerprint density at radius 3 is 1.82 bits per heavy atom. The Labute approximate surface area is 258 Å². The number of aliphatic hydroxyl groups is 1. The Morgan fingerprint density at radius 1 is 0.727 bits per heavy atom. The molecule has 3 saturated carbocycles. The van der Waals surface area contributed by atoms with Gasteiger partial charge in [-0.25, -0.2) is 13.2 Å². The first-order valence-corrected chi connectivity index (χ1v) is 16.7. The van der Waals surface area contributed by atoms with Crippen LogP contribution in [0, 0.1) is 41.0 Å². The maximum atomic E-state index is 14.8. The van der Waals surface area contributed by atoms with E-state index in [0.29, 0.717) is 55.1 Å². The van der Waals surface area contributed by atoms with Crippen LogP contribution in [0.15, 0.2) is 24.3 Å². The van der Waals surface area contributed by atoms with Crippen LogP contribution in [-0.4, -0.2) is 23.8 Å². The fraction of sp³-hybridized carbons (Fsp3) is 0.639. The van der Waals surface area contributed by atoms with Gasteiger partial charge in [-0.3, -0.25) is 4.79 Å². The molecule has 3 fully saturated rings. The van der Waals surface area contributed by atoms with E-state index in [1.807, 2.05) is 0 Å². The zero-order valence-corrected chi connectivity index (χ0v) is 25.9. The summed E-state index contributed by atoms with van der Waals surface area (Å²) >= 11 is 0. The number of carbonyl (C=O) groups excluding carboxylic acids is 1. The van der Waals surface area contributed by atoms with Crippen LogP contribution in [-0.2, 0) is 9.53 Å². The van der Waals surface area contributed by atoms with Crippen LogP contribution < -0.4 is 4.74 Å². The van der Waals surface area contributed by atoms with E-state index in [0.717, 1.165) is 51.4 Å². The third kappa shape index (κ3) is 7.11. The lowest BCUT2D eigenvalue weighted by Gasteiger charge is -2.38. The molecular formula is C36H46F4O4. The Morgan fingerprint density at radius 2 is 1.25 bits per heavy atom. The van der Waals surface area contributed by atoms with Gasteiger partial charge in [-0.2, -0.15) is 4.39 Å². The maximum Gasteiger partial charge on any atom is 0.309 e. The zero-order valence-electron chi connectivity index (χ0n) is 25.9. The number of carbonyl (C=O) groups is 1. The number of hydrogen-bond donors (Lipinski definition) is 1. The van der Waals surface area contributed by atoms with Crippen molar-refractivity contribution in [1.82, 2.24) is 0 Å². The maximum absolute atomic E-state index is 14.8. The van der Waals surface area contributed by atoms with E-state index in [4.69, 9.17) is 9.47 Å². The molecule has 1 N–H and O–H groups in total. The normalized spacial score (nSPS) is 28.3. The number of benzene rings is 2. The molecule has 0 heterocycles. The molecule has 0 aliphatic heterocycles. The Balaban J connectivity index is 1.05. The van der Waals surface area contributed by atoms with Gasteiger partial charge in [0.1, 0.15) is 6.10 Å². The van der Waals surface area contributed by atoms with Crippen molar-refractivity contribution in [2.45, 2.75) is 121 Å². The van der Waals surface area contributed by atoms with E-state index in [1.165, 1.54) is 12.1 Å². The smallest absolute Gasteiger partial charge is 0.309 e. The van der Waals surface area contributed by atoms with Gasteiger partial charge in [0.15, 0.2) is 23.2 Å². The predicted molar refractivity (Wildman–Crippen MR) is 160 cm³/mol. The van der Waals surface area contributed by atoms with Gasteiger partial charge in [0.05, 0.1) is 18.6 Å². The molecule has 3 aliphatic carbocycles. The van der Waals surface area contributed by atoms with Crippen LogP contribution in [0.2, 0.25) is 0 Å². The largest absolute Gasteiger partial charge is 0.491 e. The molecule has 4 nitrogen and oxygen atoms in total. The highest BCUT2D eigenvalue weighted by molar-refractivity contribution is 5.72. The molecular weight excluding hydrogens is 572 g/mol. The summed E-state index contributed by atoms with van der Waals surface area (Å²) in [6.45, 7) is 3.75. The average Bonchev–Trinajstić information content (AvgIpc) is 3.05. The minimum absolute atomic E-state index is 0.00980. The monoisotopic (exact) mass is 618 g/mol. The predicted octanol–water partition coefficient (Wildman–Crippen LogP) is 9.43. The first kappa shape index (κ1) is 32.8. The van der Waals surface area contributed by atoms with Crippen LogP contribution in [0.3, 0.4) is 0 Å². The summed E-state index contributed by atoms with van der Waals surface area (Å²) in [5.74, 6) is -2.98. The Hall–Kier alpha value is -2.61. The van der Waals surface area contributed by atoms with Gasteiger partial charge >= 0.3 is 5.97 Å². The van der Waals surface area contributed by atoms with Gasteiger partial charge in [-0.1, -0.05) is 25.1 Å². The summed E-state index contributed by atoms with van der Waals surface area (Å²) < 4.78 is 69.7. The van der Waals surface area contributed by atoms with E-state index < -0.39 is 29.4 Å². The zero-order chi connectivity index (χ0) is 31.4. The lowest BCUT2D eigenvalue weighted by Crippen LogP contribution is -2.32. The van der Waals surface area contributed by atoms with Crippen molar-refractivity contribution in [2.75, 3.05) is 6.61 Å². The topological polar surface area (TPSA) is 55.8 Å². The van der Waals surface area contributed by atoms with E-state index >= 15 is 0 Å². The highest BCUT2D eigenvalue weighted by Gasteiger charge is 2.36. The number of hydrogen-bond acceptors (Lipinski definition) is 4. The molecule has 0 radical (unpaired) electrons. The molecule has 0 spiro atoms. The third-order valence-electron chi connectivity index (χ3n) is 10.6. The lowest BCUT2D eigenvalue weighted by molar-refractivity contribution is -0.157. The van der Waals surface area contributed by atoms with Gasteiger partial charge in [0, 0.05) is 5.56 Å². The van der Waals surface area contributed by atoms with Crippen LogP contribution in [0.1, 0.15) is 132 Å². The van der Waals surface area contributed by atoms with Crippen LogP contribution >= 0.6 is 0 Å². The number of ether oxygens (including phenoxy) is 2. The first-order chi connectivity index (χ1) is 21.2. The Kier molecular flexibility index (Phi) is 10.9. The second-order valence-electron chi connectivity index (χ2n) is 13.1. The molecule has 0 amide bonds. The molecule has 3 aliphatic rings.